The number of anilines is 1. The van der Waals surface area contributed by atoms with Crippen LogP contribution in [-0.4, -0.2) is 28.3 Å². The number of carbonyl (C=O) groups is 3. The predicted molar refractivity (Wildman–Crippen MR) is 143 cm³/mol. The molecule has 2 N–H and O–H groups in total. The van der Waals surface area contributed by atoms with Crippen LogP contribution in [0.5, 0.6) is 0 Å². The smallest absolute Gasteiger partial charge is 0.272 e. The number of nitrogens with one attached hydrogen (secondary N) is 2. The van der Waals surface area contributed by atoms with Crippen LogP contribution in [0.4, 0.5) is 5.69 Å². The van der Waals surface area contributed by atoms with Crippen molar-refractivity contribution < 1.29 is 14.4 Å². The number of nitrogens with zero attached hydrogens (tertiary/aromatic N) is 1. The summed E-state index contributed by atoms with van der Waals surface area (Å²) in [6, 6.07) is 28.6. The number of amides is 2. The van der Waals surface area contributed by atoms with Crippen molar-refractivity contribution in [1.29, 1.82) is 0 Å². The molecular formula is C29H23N3O3S. The molecule has 2 amide bonds. The monoisotopic (exact) mass is 493 g/mol. The topological polar surface area (TPSA) is 88.2 Å². The molecule has 0 aliphatic heterocycles. The highest BCUT2D eigenvalue weighted by molar-refractivity contribution is 8.00. The van der Waals surface area contributed by atoms with E-state index in [1.165, 1.54) is 11.8 Å². The van der Waals surface area contributed by atoms with Crippen LogP contribution in [0.15, 0.2) is 120 Å². The van der Waals surface area contributed by atoms with Crippen molar-refractivity contribution in [2.45, 2.75) is 4.90 Å². The van der Waals surface area contributed by atoms with E-state index in [0.717, 1.165) is 4.90 Å². The number of hydrogen-bond acceptors (Lipinski definition) is 5. The first-order valence-corrected chi connectivity index (χ1v) is 12.2. The molecule has 0 saturated carbocycles. The number of aromatic nitrogens is 1. The Hall–Kier alpha value is -4.49. The molecule has 1 heterocycles. The second-order valence-corrected chi connectivity index (χ2v) is 8.77. The summed E-state index contributed by atoms with van der Waals surface area (Å²) in [6.45, 7) is 0. The zero-order valence-electron chi connectivity index (χ0n) is 19.3. The van der Waals surface area contributed by atoms with Crippen molar-refractivity contribution in [2.75, 3.05) is 11.1 Å². The van der Waals surface area contributed by atoms with E-state index < -0.39 is 11.8 Å². The van der Waals surface area contributed by atoms with Gasteiger partial charge in [0.2, 0.25) is 0 Å². The molecule has 0 atom stereocenters. The largest absolute Gasteiger partial charge is 0.321 e. The van der Waals surface area contributed by atoms with E-state index >= 15 is 0 Å². The minimum Gasteiger partial charge on any atom is -0.321 e. The fourth-order valence-electron chi connectivity index (χ4n) is 3.26. The van der Waals surface area contributed by atoms with Crippen molar-refractivity contribution in [3.8, 4) is 0 Å². The van der Waals surface area contributed by atoms with Gasteiger partial charge in [-0.05, 0) is 54.1 Å². The van der Waals surface area contributed by atoms with Crippen LogP contribution in [0.25, 0.3) is 6.08 Å². The van der Waals surface area contributed by atoms with Crippen LogP contribution in [0.3, 0.4) is 0 Å². The van der Waals surface area contributed by atoms with Crippen molar-refractivity contribution in [1.82, 2.24) is 10.3 Å². The first-order chi connectivity index (χ1) is 17.6. The van der Waals surface area contributed by atoms with E-state index in [9.17, 15) is 14.4 Å². The summed E-state index contributed by atoms with van der Waals surface area (Å²) in [5.41, 5.74) is 2.44. The normalized spacial score (nSPS) is 10.9. The highest BCUT2D eigenvalue weighted by atomic mass is 32.2. The maximum absolute atomic E-state index is 13.1. The Labute approximate surface area is 213 Å². The van der Waals surface area contributed by atoms with Crippen molar-refractivity contribution in [3.63, 3.8) is 0 Å². The van der Waals surface area contributed by atoms with Gasteiger partial charge in [0.05, 0.1) is 5.75 Å². The van der Waals surface area contributed by atoms with Gasteiger partial charge in [0.25, 0.3) is 11.8 Å². The van der Waals surface area contributed by atoms with Crippen molar-refractivity contribution >= 4 is 41.1 Å². The Kier molecular flexibility index (Phi) is 8.40. The van der Waals surface area contributed by atoms with E-state index in [4.69, 9.17) is 0 Å². The fraction of sp³-hybridized carbons (Fsp3) is 0.0345. The van der Waals surface area contributed by atoms with E-state index in [2.05, 4.69) is 15.6 Å². The SMILES string of the molecule is O=C(Nc1ccc(SCC(=O)c2ccccc2)cc1)/C(=C/c1cccnc1)NC(=O)c1ccccc1. The molecular weight excluding hydrogens is 470 g/mol. The molecule has 0 spiro atoms. The van der Waals surface area contributed by atoms with Crippen LogP contribution in [-0.2, 0) is 4.79 Å². The summed E-state index contributed by atoms with van der Waals surface area (Å²) >= 11 is 1.43. The Bertz CT molecular complexity index is 1360. The molecule has 178 valence electrons. The molecule has 4 aromatic rings. The maximum Gasteiger partial charge on any atom is 0.272 e. The van der Waals surface area contributed by atoms with Gasteiger partial charge in [-0.2, -0.15) is 0 Å². The van der Waals surface area contributed by atoms with Gasteiger partial charge in [0.15, 0.2) is 5.78 Å². The average Bonchev–Trinajstić information content (AvgIpc) is 2.93. The number of hydrogen-bond donors (Lipinski definition) is 2. The molecule has 7 heteroatoms. The number of thioether (sulfide) groups is 1. The molecule has 0 unspecified atom stereocenters. The van der Waals surface area contributed by atoms with Crippen LogP contribution in [0, 0.1) is 0 Å². The number of Topliss-reactive ketones (excluding diaryl/α,β-unsaturated/α-hetero) is 1. The zero-order valence-corrected chi connectivity index (χ0v) is 20.1. The van der Waals surface area contributed by atoms with Crippen LogP contribution >= 0.6 is 11.8 Å². The standard InChI is InChI=1S/C29H23N3O3S/c33-27(22-9-3-1-4-10-22)20-36-25-15-13-24(14-16-25)31-29(35)26(18-21-8-7-17-30-19-21)32-28(34)23-11-5-2-6-12-23/h1-19H,20H2,(H,31,35)(H,32,34)/b26-18-. The van der Waals surface area contributed by atoms with E-state index in [1.807, 2.05) is 36.4 Å². The van der Waals surface area contributed by atoms with Crippen LogP contribution in [0.1, 0.15) is 26.3 Å². The third-order valence-electron chi connectivity index (χ3n) is 5.10. The van der Waals surface area contributed by atoms with Gasteiger partial charge in [0.1, 0.15) is 5.70 Å². The lowest BCUT2D eigenvalue weighted by Crippen LogP contribution is -2.30. The first kappa shape index (κ1) is 24.6. The molecule has 36 heavy (non-hydrogen) atoms. The highest BCUT2D eigenvalue weighted by Gasteiger charge is 2.15. The summed E-state index contributed by atoms with van der Waals surface area (Å²) in [5.74, 6) is -0.491. The third kappa shape index (κ3) is 7.01. The average molecular weight is 494 g/mol. The summed E-state index contributed by atoms with van der Waals surface area (Å²) in [4.78, 5) is 43.1. The lowest BCUT2D eigenvalue weighted by Gasteiger charge is -2.12. The number of carbonyl (C=O) groups excluding carboxylic acids is 3. The number of ketones is 1. The molecule has 6 nitrogen and oxygen atoms in total. The minimum absolute atomic E-state index is 0.0531. The third-order valence-corrected chi connectivity index (χ3v) is 6.11. The second-order valence-electron chi connectivity index (χ2n) is 7.72. The summed E-state index contributed by atoms with van der Waals surface area (Å²) in [5, 5.41) is 5.52. The molecule has 0 aliphatic carbocycles. The van der Waals surface area contributed by atoms with Crippen molar-refractivity contribution in [3.05, 3.63) is 132 Å². The van der Waals surface area contributed by atoms with Gasteiger partial charge in [-0.1, -0.05) is 54.6 Å². The van der Waals surface area contributed by atoms with Gasteiger partial charge in [0, 0.05) is 34.1 Å². The highest BCUT2D eigenvalue weighted by Crippen LogP contribution is 2.22. The summed E-state index contributed by atoms with van der Waals surface area (Å²) < 4.78 is 0. The van der Waals surface area contributed by atoms with Gasteiger partial charge >= 0.3 is 0 Å². The molecule has 0 bridgehead atoms. The molecule has 0 saturated heterocycles. The van der Waals surface area contributed by atoms with E-state index in [0.29, 0.717) is 28.1 Å². The Morgan fingerprint density at radius 2 is 1.44 bits per heavy atom. The quantitative estimate of drug-likeness (QED) is 0.183. The van der Waals surface area contributed by atoms with Gasteiger partial charge in [-0.25, -0.2) is 0 Å². The van der Waals surface area contributed by atoms with Crippen LogP contribution in [0.2, 0.25) is 0 Å². The number of rotatable bonds is 9. The number of pyridine rings is 1. The fourth-order valence-corrected chi connectivity index (χ4v) is 4.05. The summed E-state index contributed by atoms with van der Waals surface area (Å²) in [7, 11) is 0. The molecule has 0 radical (unpaired) electrons. The molecule has 1 aromatic heterocycles. The van der Waals surface area contributed by atoms with E-state index in [-0.39, 0.29) is 11.5 Å². The van der Waals surface area contributed by atoms with Crippen molar-refractivity contribution in [2.24, 2.45) is 0 Å². The van der Waals surface area contributed by atoms with Gasteiger partial charge in [-0.3, -0.25) is 19.4 Å². The maximum atomic E-state index is 13.1. The van der Waals surface area contributed by atoms with Gasteiger partial charge < -0.3 is 10.6 Å². The molecule has 3 aromatic carbocycles. The summed E-state index contributed by atoms with van der Waals surface area (Å²) in [6.07, 6.45) is 4.81. The zero-order chi connectivity index (χ0) is 25.2. The molecule has 4 rings (SSSR count). The Balaban J connectivity index is 1.43. The van der Waals surface area contributed by atoms with Crippen LogP contribution < -0.4 is 10.6 Å². The minimum atomic E-state index is -0.470. The lowest BCUT2D eigenvalue weighted by atomic mass is 10.2. The lowest BCUT2D eigenvalue weighted by molar-refractivity contribution is -0.113. The predicted octanol–water partition coefficient (Wildman–Crippen LogP) is 5.47. The first-order valence-electron chi connectivity index (χ1n) is 11.2. The molecule has 0 aliphatic rings. The Morgan fingerprint density at radius 3 is 2.08 bits per heavy atom. The molecule has 0 fully saturated rings. The Morgan fingerprint density at radius 1 is 0.778 bits per heavy atom. The van der Waals surface area contributed by atoms with Gasteiger partial charge in [-0.15, -0.1) is 11.8 Å². The second kappa shape index (κ2) is 12.3. The number of benzene rings is 3. The van der Waals surface area contributed by atoms with E-state index in [1.54, 1.807) is 79.1 Å².